The molecule has 17 heavy (non-hydrogen) atoms. The Hall–Kier alpha value is -1.64. The molecule has 0 aromatic heterocycles. The molecule has 2 heteroatoms. The van der Waals surface area contributed by atoms with E-state index in [1.807, 2.05) is 43.3 Å². The van der Waals surface area contributed by atoms with Gasteiger partial charge in [0.15, 0.2) is 5.79 Å². The minimum atomic E-state index is -1.68. The molecule has 2 N–H and O–H groups in total. The van der Waals surface area contributed by atoms with Crippen LogP contribution in [-0.4, -0.2) is 16.0 Å². The van der Waals surface area contributed by atoms with Gasteiger partial charge < -0.3 is 10.2 Å². The zero-order valence-electron chi connectivity index (χ0n) is 9.80. The third kappa shape index (κ3) is 3.16. The zero-order valence-corrected chi connectivity index (χ0v) is 9.80. The van der Waals surface area contributed by atoms with Gasteiger partial charge in [-0.1, -0.05) is 48.6 Å². The van der Waals surface area contributed by atoms with Crippen LogP contribution in [0.4, 0.5) is 0 Å². The molecule has 88 valence electrons. The van der Waals surface area contributed by atoms with Gasteiger partial charge in [-0.2, -0.15) is 0 Å². The van der Waals surface area contributed by atoms with Crippen molar-refractivity contribution in [2.24, 2.45) is 0 Å². The van der Waals surface area contributed by atoms with Crippen LogP contribution in [0.25, 0.3) is 6.08 Å². The number of allylic oxidation sites excluding steroid dienone is 3. The van der Waals surface area contributed by atoms with E-state index < -0.39 is 5.79 Å². The maximum atomic E-state index is 9.37. The Labute approximate surface area is 101 Å². The van der Waals surface area contributed by atoms with Crippen LogP contribution in [0.2, 0.25) is 0 Å². The van der Waals surface area contributed by atoms with E-state index in [9.17, 15) is 10.2 Å². The number of hydrogen-bond donors (Lipinski definition) is 2. The minimum absolute atomic E-state index is 0.235. The topological polar surface area (TPSA) is 40.5 Å². The summed E-state index contributed by atoms with van der Waals surface area (Å²) in [5, 5.41) is 18.7. The van der Waals surface area contributed by atoms with Crippen molar-refractivity contribution in [3.8, 4) is 0 Å². The molecule has 0 atom stereocenters. The van der Waals surface area contributed by atoms with E-state index in [-0.39, 0.29) is 6.42 Å². The molecular weight excluding hydrogens is 212 g/mol. The van der Waals surface area contributed by atoms with Crippen LogP contribution >= 0.6 is 0 Å². The summed E-state index contributed by atoms with van der Waals surface area (Å²) in [7, 11) is 0. The van der Waals surface area contributed by atoms with Crippen LogP contribution in [0.15, 0.2) is 59.7 Å². The van der Waals surface area contributed by atoms with Gasteiger partial charge in [-0.3, -0.25) is 0 Å². The van der Waals surface area contributed by atoms with Gasteiger partial charge in [0.2, 0.25) is 0 Å². The first-order chi connectivity index (χ1) is 8.07. The number of rotatable bonds is 2. The highest BCUT2D eigenvalue weighted by Crippen LogP contribution is 2.23. The predicted molar refractivity (Wildman–Crippen MR) is 69.1 cm³/mol. The molecular formula is C15H16O2. The fourth-order valence-electron chi connectivity index (χ4n) is 1.79. The lowest BCUT2D eigenvalue weighted by molar-refractivity contribution is -0.115. The molecule has 2 nitrogen and oxygen atoms in total. The summed E-state index contributed by atoms with van der Waals surface area (Å²) in [5.74, 6) is -1.68. The third-order valence-electron chi connectivity index (χ3n) is 2.79. The Kier molecular flexibility index (Phi) is 3.27. The quantitative estimate of drug-likeness (QED) is 0.764. The van der Waals surface area contributed by atoms with Crippen molar-refractivity contribution in [3.05, 3.63) is 65.3 Å². The summed E-state index contributed by atoms with van der Waals surface area (Å²) in [6, 6.07) is 10.1. The summed E-state index contributed by atoms with van der Waals surface area (Å²) >= 11 is 0. The molecule has 0 heterocycles. The van der Waals surface area contributed by atoms with Gasteiger partial charge in [0.1, 0.15) is 0 Å². The highest BCUT2D eigenvalue weighted by molar-refractivity contribution is 5.60. The monoisotopic (exact) mass is 228 g/mol. The molecule has 1 aromatic carbocycles. The normalized spacial score (nSPS) is 19.0. The second kappa shape index (κ2) is 4.70. The first-order valence-electron chi connectivity index (χ1n) is 5.65. The van der Waals surface area contributed by atoms with Gasteiger partial charge in [0, 0.05) is 6.42 Å². The molecule has 0 fully saturated rings. The van der Waals surface area contributed by atoms with E-state index in [2.05, 4.69) is 6.08 Å². The van der Waals surface area contributed by atoms with E-state index in [4.69, 9.17) is 0 Å². The van der Waals surface area contributed by atoms with Gasteiger partial charge in [0.25, 0.3) is 0 Å². The lowest BCUT2D eigenvalue weighted by Crippen LogP contribution is -2.25. The molecule has 0 saturated carbocycles. The molecule has 2 rings (SSSR count). The Morgan fingerprint density at radius 2 is 1.94 bits per heavy atom. The Bertz CT molecular complexity index is 479. The van der Waals surface area contributed by atoms with E-state index in [1.165, 1.54) is 6.08 Å². The molecule has 0 bridgehead atoms. The molecule has 1 aliphatic carbocycles. The van der Waals surface area contributed by atoms with Crippen molar-refractivity contribution in [2.75, 3.05) is 0 Å². The van der Waals surface area contributed by atoms with Gasteiger partial charge in [-0.05, 0) is 29.7 Å². The van der Waals surface area contributed by atoms with Crippen LogP contribution in [0.5, 0.6) is 0 Å². The van der Waals surface area contributed by atoms with Crippen LogP contribution in [-0.2, 0) is 0 Å². The van der Waals surface area contributed by atoms with Crippen molar-refractivity contribution in [2.45, 2.75) is 19.1 Å². The van der Waals surface area contributed by atoms with Crippen molar-refractivity contribution in [1.82, 2.24) is 0 Å². The summed E-state index contributed by atoms with van der Waals surface area (Å²) in [6.07, 6.45) is 7.33. The fraction of sp³-hybridized carbons (Fsp3) is 0.200. The SMILES string of the molecule is CC(=Cc1ccccc1)C1=CCC(O)(O)C=C1. The molecule has 0 radical (unpaired) electrons. The summed E-state index contributed by atoms with van der Waals surface area (Å²) in [4.78, 5) is 0. The van der Waals surface area contributed by atoms with Crippen LogP contribution in [0, 0.1) is 0 Å². The van der Waals surface area contributed by atoms with Crippen LogP contribution in [0.1, 0.15) is 18.9 Å². The van der Waals surface area contributed by atoms with Crippen molar-refractivity contribution in [1.29, 1.82) is 0 Å². The van der Waals surface area contributed by atoms with Crippen LogP contribution < -0.4 is 0 Å². The Balaban J connectivity index is 2.18. The summed E-state index contributed by atoms with van der Waals surface area (Å²) in [6.45, 7) is 2.02. The second-order valence-electron chi connectivity index (χ2n) is 4.31. The second-order valence-corrected chi connectivity index (χ2v) is 4.31. The van der Waals surface area contributed by atoms with Gasteiger partial charge in [-0.15, -0.1) is 0 Å². The van der Waals surface area contributed by atoms with Gasteiger partial charge in [-0.25, -0.2) is 0 Å². The molecule has 0 unspecified atom stereocenters. The van der Waals surface area contributed by atoms with Crippen molar-refractivity contribution in [3.63, 3.8) is 0 Å². The zero-order chi connectivity index (χ0) is 12.3. The fourth-order valence-corrected chi connectivity index (χ4v) is 1.79. The number of aliphatic hydroxyl groups is 2. The van der Waals surface area contributed by atoms with Gasteiger partial charge >= 0.3 is 0 Å². The molecule has 0 aliphatic heterocycles. The summed E-state index contributed by atoms with van der Waals surface area (Å²) < 4.78 is 0. The molecule has 0 spiro atoms. The van der Waals surface area contributed by atoms with Crippen LogP contribution in [0.3, 0.4) is 0 Å². The van der Waals surface area contributed by atoms with E-state index in [0.717, 1.165) is 16.7 Å². The van der Waals surface area contributed by atoms with E-state index in [0.29, 0.717) is 0 Å². The predicted octanol–water partition coefficient (Wildman–Crippen LogP) is 2.66. The first kappa shape index (κ1) is 11.8. The molecule has 1 aromatic rings. The minimum Gasteiger partial charge on any atom is -0.362 e. The average molecular weight is 228 g/mol. The Morgan fingerprint density at radius 3 is 2.53 bits per heavy atom. The lowest BCUT2D eigenvalue weighted by Gasteiger charge is -2.20. The van der Waals surface area contributed by atoms with E-state index in [1.54, 1.807) is 6.08 Å². The molecule has 0 saturated heterocycles. The third-order valence-corrected chi connectivity index (χ3v) is 2.79. The lowest BCUT2D eigenvalue weighted by atomic mass is 9.96. The standard InChI is InChI=1S/C15H16O2/c1-12(11-13-5-3-2-4-6-13)14-7-9-15(16,17)10-8-14/h2-9,11,16-17H,10H2,1H3. The maximum Gasteiger partial charge on any atom is 0.186 e. The Morgan fingerprint density at radius 1 is 1.24 bits per heavy atom. The van der Waals surface area contributed by atoms with Crippen molar-refractivity contribution >= 4 is 6.08 Å². The van der Waals surface area contributed by atoms with E-state index >= 15 is 0 Å². The average Bonchev–Trinajstić information content (AvgIpc) is 2.30. The highest BCUT2D eigenvalue weighted by atomic mass is 16.5. The maximum absolute atomic E-state index is 9.37. The number of benzene rings is 1. The summed E-state index contributed by atoms with van der Waals surface area (Å²) in [5.41, 5.74) is 3.29. The smallest absolute Gasteiger partial charge is 0.186 e. The molecule has 1 aliphatic rings. The van der Waals surface area contributed by atoms with Gasteiger partial charge in [0.05, 0.1) is 0 Å². The highest BCUT2D eigenvalue weighted by Gasteiger charge is 2.20. The number of hydrogen-bond acceptors (Lipinski definition) is 2. The molecule has 0 amide bonds. The first-order valence-corrected chi connectivity index (χ1v) is 5.65. The largest absolute Gasteiger partial charge is 0.362 e. The van der Waals surface area contributed by atoms with Crippen molar-refractivity contribution < 1.29 is 10.2 Å².